The molecule has 2 aliphatic heterocycles. The van der Waals surface area contributed by atoms with Gasteiger partial charge in [-0.1, -0.05) is 6.07 Å². The number of aromatic nitrogens is 2. The molecule has 26 heavy (non-hydrogen) atoms. The average Bonchev–Trinajstić information content (AvgIpc) is 2.73. The van der Waals surface area contributed by atoms with Crippen molar-refractivity contribution in [1.82, 2.24) is 20.3 Å². The van der Waals surface area contributed by atoms with E-state index < -0.39 is 0 Å². The van der Waals surface area contributed by atoms with Crippen molar-refractivity contribution in [3.8, 4) is 0 Å². The molecule has 0 unspecified atom stereocenters. The number of fused-ring (bicyclic) bond motifs is 1. The van der Waals surface area contributed by atoms with Crippen LogP contribution < -0.4 is 15.6 Å². The molecule has 7 nitrogen and oxygen atoms in total. The van der Waals surface area contributed by atoms with E-state index in [9.17, 15) is 0 Å². The lowest BCUT2D eigenvalue weighted by molar-refractivity contribution is 0.380. The van der Waals surface area contributed by atoms with Crippen LogP contribution in [-0.2, 0) is 0 Å². The summed E-state index contributed by atoms with van der Waals surface area (Å²) in [5.41, 5.74) is 5.92. The molecule has 1 saturated heterocycles. The molecule has 0 amide bonds. The van der Waals surface area contributed by atoms with Crippen LogP contribution in [0.25, 0.3) is 0 Å². The maximum absolute atomic E-state index is 5.53. The molecule has 2 aromatic rings. The van der Waals surface area contributed by atoms with Gasteiger partial charge in [-0.05, 0) is 36.5 Å². The predicted molar refractivity (Wildman–Crippen MR) is 108 cm³/mol. The van der Waals surface area contributed by atoms with E-state index in [0.29, 0.717) is 5.11 Å². The molecule has 2 N–H and O–H groups in total. The lowest BCUT2D eigenvalue weighted by Crippen LogP contribution is -2.51. The summed E-state index contributed by atoms with van der Waals surface area (Å²) in [6.45, 7) is 4.34. The van der Waals surface area contributed by atoms with E-state index >= 15 is 0 Å². The highest BCUT2D eigenvalue weighted by Gasteiger charge is 2.20. The Balaban J connectivity index is 1.35. The van der Waals surface area contributed by atoms with Crippen LogP contribution in [0.4, 0.5) is 11.5 Å². The molecule has 4 rings (SSSR count). The Morgan fingerprint density at radius 2 is 1.92 bits per heavy atom. The van der Waals surface area contributed by atoms with Crippen molar-refractivity contribution in [2.24, 2.45) is 5.10 Å². The summed E-state index contributed by atoms with van der Waals surface area (Å²) < 4.78 is 0. The van der Waals surface area contributed by atoms with Gasteiger partial charge in [-0.25, -0.2) is 4.98 Å². The van der Waals surface area contributed by atoms with Crippen LogP contribution in [0.3, 0.4) is 0 Å². The fourth-order valence-electron chi connectivity index (χ4n) is 3.19. The lowest BCUT2D eigenvalue weighted by atomic mass is 10.1. The molecule has 2 aromatic heterocycles. The number of hydrogen-bond donors (Lipinski definition) is 2. The third-order valence-corrected chi connectivity index (χ3v) is 4.93. The number of anilines is 2. The minimum atomic E-state index is 0.661. The normalized spacial score (nSPS) is 18.2. The van der Waals surface area contributed by atoms with E-state index in [1.807, 2.05) is 36.5 Å². The van der Waals surface area contributed by atoms with Crippen LogP contribution in [0, 0.1) is 0 Å². The summed E-state index contributed by atoms with van der Waals surface area (Å²) in [5.74, 6) is 1.02. The number of piperazine rings is 1. The Morgan fingerprint density at radius 3 is 2.73 bits per heavy atom. The third kappa shape index (κ3) is 3.60. The largest absolute Gasteiger partial charge is 0.383 e. The molecule has 0 atom stereocenters. The van der Waals surface area contributed by atoms with E-state index in [-0.39, 0.29) is 0 Å². The second-order valence-corrected chi connectivity index (χ2v) is 6.60. The van der Waals surface area contributed by atoms with Crippen molar-refractivity contribution < 1.29 is 0 Å². The van der Waals surface area contributed by atoms with Gasteiger partial charge in [0.25, 0.3) is 0 Å². The maximum atomic E-state index is 5.53. The number of pyridine rings is 2. The zero-order valence-electron chi connectivity index (χ0n) is 14.4. The van der Waals surface area contributed by atoms with Crippen LogP contribution in [0.1, 0.15) is 12.1 Å². The number of nitrogens with one attached hydrogen (secondary N) is 2. The standard InChI is InChI=1S/C18H21N7S/c26-18(23-22-15-6-9-19-14-4-3-8-21-17(14)15)25-12-10-24(11-13-25)16-5-1-2-7-20-16/h1-5,7-8,19H,6,9-13H2,(H,23,26)/b22-15-. The summed E-state index contributed by atoms with van der Waals surface area (Å²) in [5, 5.41) is 8.53. The van der Waals surface area contributed by atoms with Gasteiger partial charge in [0.1, 0.15) is 11.5 Å². The molecule has 4 heterocycles. The highest BCUT2D eigenvalue weighted by molar-refractivity contribution is 7.80. The zero-order valence-corrected chi connectivity index (χ0v) is 15.2. The van der Waals surface area contributed by atoms with Crippen molar-refractivity contribution in [3.05, 3.63) is 48.4 Å². The number of thiocarbonyl (C=S) groups is 1. The molecular formula is C18H21N7S. The maximum Gasteiger partial charge on any atom is 0.189 e. The third-order valence-electron chi connectivity index (χ3n) is 4.58. The Labute approximate surface area is 158 Å². The molecule has 0 bridgehead atoms. The Kier molecular flexibility index (Phi) is 4.92. The van der Waals surface area contributed by atoms with Crippen LogP contribution in [0.15, 0.2) is 47.8 Å². The number of hydrazone groups is 1. The van der Waals surface area contributed by atoms with E-state index in [4.69, 9.17) is 12.2 Å². The molecule has 0 radical (unpaired) electrons. The minimum Gasteiger partial charge on any atom is -0.383 e. The predicted octanol–water partition coefficient (Wildman–Crippen LogP) is 1.69. The summed E-state index contributed by atoms with van der Waals surface area (Å²) in [6.07, 6.45) is 4.44. The fraction of sp³-hybridized carbons (Fsp3) is 0.333. The van der Waals surface area contributed by atoms with E-state index in [0.717, 1.165) is 62.1 Å². The summed E-state index contributed by atoms with van der Waals surface area (Å²) in [6, 6.07) is 9.94. The second-order valence-electron chi connectivity index (χ2n) is 6.21. The second kappa shape index (κ2) is 7.65. The van der Waals surface area contributed by atoms with E-state index in [2.05, 4.69) is 35.6 Å². The van der Waals surface area contributed by atoms with Crippen molar-refractivity contribution in [2.45, 2.75) is 6.42 Å². The van der Waals surface area contributed by atoms with Gasteiger partial charge in [0.15, 0.2) is 5.11 Å². The zero-order chi connectivity index (χ0) is 17.8. The van der Waals surface area contributed by atoms with Crippen LogP contribution >= 0.6 is 12.2 Å². The van der Waals surface area contributed by atoms with Gasteiger partial charge in [-0.15, -0.1) is 0 Å². The molecule has 1 fully saturated rings. The first-order chi connectivity index (χ1) is 12.8. The quantitative estimate of drug-likeness (QED) is 0.618. The van der Waals surface area contributed by atoms with Crippen molar-refractivity contribution in [1.29, 1.82) is 0 Å². The average molecular weight is 367 g/mol. The van der Waals surface area contributed by atoms with Gasteiger partial charge in [-0.3, -0.25) is 10.4 Å². The Morgan fingerprint density at radius 1 is 1.08 bits per heavy atom. The molecule has 0 aromatic carbocycles. The molecule has 134 valence electrons. The van der Waals surface area contributed by atoms with Crippen molar-refractivity contribution >= 4 is 34.5 Å². The Hall–Kier alpha value is -2.74. The number of rotatable bonds is 2. The highest BCUT2D eigenvalue weighted by atomic mass is 32.1. The van der Waals surface area contributed by atoms with Gasteiger partial charge in [0.2, 0.25) is 0 Å². The Bertz CT molecular complexity index is 800. The van der Waals surface area contributed by atoms with E-state index in [1.54, 1.807) is 6.20 Å². The molecule has 8 heteroatoms. The van der Waals surface area contributed by atoms with Crippen molar-refractivity contribution in [2.75, 3.05) is 42.9 Å². The van der Waals surface area contributed by atoms with Gasteiger partial charge >= 0.3 is 0 Å². The first-order valence-electron chi connectivity index (χ1n) is 8.78. The molecule has 0 saturated carbocycles. The van der Waals surface area contributed by atoms with E-state index in [1.165, 1.54) is 0 Å². The SMILES string of the molecule is S=C(N/N=C1/CCNc2cccnc21)N1CCN(c2ccccn2)CC1. The molecular weight excluding hydrogens is 346 g/mol. The highest BCUT2D eigenvalue weighted by Crippen LogP contribution is 2.19. The topological polar surface area (TPSA) is 68.7 Å². The molecule has 2 aliphatic rings. The molecule has 0 aliphatic carbocycles. The van der Waals surface area contributed by atoms with Gasteiger partial charge in [-0.2, -0.15) is 5.10 Å². The summed E-state index contributed by atoms with van der Waals surface area (Å²) in [4.78, 5) is 13.3. The number of nitrogens with zero attached hydrogens (tertiary/aromatic N) is 5. The van der Waals surface area contributed by atoms with Gasteiger partial charge in [0.05, 0.1) is 11.4 Å². The fourth-order valence-corrected chi connectivity index (χ4v) is 3.41. The number of hydrogen-bond acceptors (Lipinski definition) is 6. The van der Waals surface area contributed by atoms with Gasteiger partial charge < -0.3 is 15.1 Å². The smallest absolute Gasteiger partial charge is 0.189 e. The lowest BCUT2D eigenvalue weighted by Gasteiger charge is -2.36. The van der Waals surface area contributed by atoms with Crippen LogP contribution in [0.2, 0.25) is 0 Å². The monoisotopic (exact) mass is 367 g/mol. The van der Waals surface area contributed by atoms with Crippen LogP contribution in [0.5, 0.6) is 0 Å². The minimum absolute atomic E-state index is 0.661. The summed E-state index contributed by atoms with van der Waals surface area (Å²) >= 11 is 5.53. The summed E-state index contributed by atoms with van der Waals surface area (Å²) in [7, 11) is 0. The molecule has 0 spiro atoms. The van der Waals surface area contributed by atoms with Crippen LogP contribution in [-0.4, -0.2) is 58.4 Å². The van der Waals surface area contributed by atoms with Gasteiger partial charge in [0, 0.05) is 51.5 Å². The first kappa shape index (κ1) is 16.7. The van der Waals surface area contributed by atoms with Crippen molar-refractivity contribution in [3.63, 3.8) is 0 Å². The first-order valence-corrected chi connectivity index (χ1v) is 9.19.